The fourth-order valence-corrected chi connectivity index (χ4v) is 1.75. The van der Waals surface area contributed by atoms with Gasteiger partial charge in [-0.3, -0.25) is 4.79 Å². The van der Waals surface area contributed by atoms with Crippen LogP contribution < -0.4 is 15.5 Å². The molecule has 0 saturated carbocycles. The smallest absolute Gasteiger partial charge is 0.259 e. The number of hydrogen-bond acceptors (Lipinski definition) is 6. The first-order chi connectivity index (χ1) is 11.1. The monoisotopic (exact) mass is 315 g/mol. The van der Waals surface area contributed by atoms with Crippen LogP contribution in [0.15, 0.2) is 47.6 Å². The van der Waals surface area contributed by atoms with Crippen molar-refractivity contribution in [1.82, 2.24) is 5.43 Å². The van der Waals surface area contributed by atoms with Gasteiger partial charge in [0.2, 0.25) is 0 Å². The van der Waals surface area contributed by atoms with E-state index in [9.17, 15) is 15.0 Å². The van der Waals surface area contributed by atoms with E-state index in [4.69, 9.17) is 4.74 Å². The fraction of sp³-hybridized carbons (Fsp3) is 0.125. The number of methoxy groups -OCH3 is 1. The number of benzene rings is 2. The SMILES string of the molecule is COc1ccc(NCC(=O)N/N=C/c2ccc(O)cc2O)cc1. The summed E-state index contributed by atoms with van der Waals surface area (Å²) in [5, 5.41) is 25.4. The highest BCUT2D eigenvalue weighted by Gasteiger charge is 2.01. The molecule has 0 heterocycles. The van der Waals surface area contributed by atoms with Crippen LogP contribution in [0.3, 0.4) is 0 Å². The zero-order valence-corrected chi connectivity index (χ0v) is 12.5. The molecule has 2 aromatic carbocycles. The molecule has 23 heavy (non-hydrogen) atoms. The van der Waals surface area contributed by atoms with Crippen molar-refractivity contribution in [3.8, 4) is 17.2 Å². The van der Waals surface area contributed by atoms with E-state index in [1.54, 1.807) is 31.4 Å². The number of rotatable bonds is 6. The summed E-state index contributed by atoms with van der Waals surface area (Å²) in [6.07, 6.45) is 1.29. The average Bonchev–Trinajstić information content (AvgIpc) is 2.55. The second-order valence-electron chi connectivity index (χ2n) is 4.62. The summed E-state index contributed by atoms with van der Waals surface area (Å²) >= 11 is 0. The lowest BCUT2D eigenvalue weighted by Crippen LogP contribution is -2.25. The maximum atomic E-state index is 11.7. The summed E-state index contributed by atoms with van der Waals surface area (Å²) in [6, 6.07) is 11.2. The lowest BCUT2D eigenvalue weighted by Gasteiger charge is -2.06. The minimum Gasteiger partial charge on any atom is -0.508 e. The van der Waals surface area contributed by atoms with Gasteiger partial charge < -0.3 is 20.3 Å². The third-order valence-corrected chi connectivity index (χ3v) is 2.95. The predicted octanol–water partition coefficient (Wildman–Crippen LogP) is 1.67. The van der Waals surface area contributed by atoms with Crippen LogP contribution in [-0.4, -0.2) is 36.0 Å². The second-order valence-corrected chi connectivity index (χ2v) is 4.62. The number of nitrogens with one attached hydrogen (secondary N) is 2. The van der Waals surface area contributed by atoms with Gasteiger partial charge in [-0.05, 0) is 36.4 Å². The molecule has 2 rings (SSSR count). The highest BCUT2D eigenvalue weighted by Crippen LogP contribution is 2.20. The molecule has 7 heteroatoms. The van der Waals surface area contributed by atoms with Gasteiger partial charge in [0.15, 0.2) is 0 Å². The number of phenols is 2. The van der Waals surface area contributed by atoms with Crippen molar-refractivity contribution in [2.75, 3.05) is 19.0 Å². The summed E-state index contributed by atoms with van der Waals surface area (Å²) in [5.41, 5.74) is 3.50. The number of phenolic OH excluding ortho intramolecular Hbond substituents is 2. The van der Waals surface area contributed by atoms with Gasteiger partial charge >= 0.3 is 0 Å². The van der Waals surface area contributed by atoms with E-state index in [2.05, 4.69) is 15.8 Å². The van der Waals surface area contributed by atoms with Crippen molar-refractivity contribution in [1.29, 1.82) is 0 Å². The summed E-state index contributed by atoms with van der Waals surface area (Å²) < 4.78 is 5.04. The van der Waals surface area contributed by atoms with E-state index in [1.165, 1.54) is 24.4 Å². The van der Waals surface area contributed by atoms with E-state index in [0.29, 0.717) is 5.56 Å². The van der Waals surface area contributed by atoms with Crippen LogP contribution in [0, 0.1) is 0 Å². The number of anilines is 1. The average molecular weight is 315 g/mol. The molecule has 0 fully saturated rings. The van der Waals surface area contributed by atoms with Crippen LogP contribution in [0.25, 0.3) is 0 Å². The van der Waals surface area contributed by atoms with E-state index < -0.39 is 0 Å². The van der Waals surface area contributed by atoms with Crippen molar-refractivity contribution in [2.24, 2.45) is 5.10 Å². The number of aromatic hydroxyl groups is 2. The van der Waals surface area contributed by atoms with Crippen LogP contribution in [0.4, 0.5) is 5.69 Å². The Morgan fingerprint density at radius 3 is 2.61 bits per heavy atom. The first kappa shape index (κ1) is 16.2. The van der Waals surface area contributed by atoms with Gasteiger partial charge in [-0.25, -0.2) is 5.43 Å². The number of nitrogens with zero attached hydrogens (tertiary/aromatic N) is 1. The van der Waals surface area contributed by atoms with Crippen LogP contribution in [0.2, 0.25) is 0 Å². The molecule has 0 atom stereocenters. The largest absolute Gasteiger partial charge is 0.508 e. The molecule has 0 radical (unpaired) electrons. The van der Waals surface area contributed by atoms with Crippen molar-refractivity contribution in [3.05, 3.63) is 48.0 Å². The van der Waals surface area contributed by atoms with Crippen LogP contribution in [0.1, 0.15) is 5.56 Å². The molecular formula is C16H17N3O4. The quantitative estimate of drug-likeness (QED) is 0.479. The number of hydrazone groups is 1. The van der Waals surface area contributed by atoms with Crippen molar-refractivity contribution in [2.45, 2.75) is 0 Å². The molecule has 0 saturated heterocycles. The zero-order valence-electron chi connectivity index (χ0n) is 12.5. The molecule has 1 amide bonds. The molecule has 2 aromatic rings. The van der Waals surface area contributed by atoms with Gasteiger partial charge in [0.05, 0.1) is 19.9 Å². The van der Waals surface area contributed by atoms with Crippen molar-refractivity contribution in [3.63, 3.8) is 0 Å². The van der Waals surface area contributed by atoms with Crippen molar-refractivity contribution >= 4 is 17.8 Å². The number of ether oxygens (including phenoxy) is 1. The third-order valence-electron chi connectivity index (χ3n) is 2.95. The van der Waals surface area contributed by atoms with Gasteiger partial charge in [0.1, 0.15) is 17.2 Å². The predicted molar refractivity (Wildman–Crippen MR) is 87.0 cm³/mol. The Kier molecular flexibility index (Phi) is 5.40. The molecule has 0 aliphatic rings. The Morgan fingerprint density at radius 2 is 1.96 bits per heavy atom. The van der Waals surface area contributed by atoms with Gasteiger partial charge in [0, 0.05) is 17.3 Å². The molecule has 0 spiro atoms. The third kappa shape index (κ3) is 4.92. The Hall–Kier alpha value is -3.22. The normalized spacial score (nSPS) is 10.5. The highest BCUT2D eigenvalue weighted by atomic mass is 16.5. The van der Waals surface area contributed by atoms with E-state index in [1.807, 2.05) is 0 Å². The molecule has 0 aliphatic heterocycles. The van der Waals surface area contributed by atoms with Crippen LogP contribution in [-0.2, 0) is 4.79 Å². The molecular weight excluding hydrogens is 298 g/mol. The topological polar surface area (TPSA) is 103 Å². The standard InChI is InChI=1S/C16H17N3O4/c1-23-14-6-3-12(4-7-14)17-10-16(22)19-18-9-11-2-5-13(20)8-15(11)21/h2-9,17,20-21H,10H2,1H3,(H,19,22)/b18-9+. The molecule has 120 valence electrons. The fourth-order valence-electron chi connectivity index (χ4n) is 1.75. The molecule has 0 aromatic heterocycles. The first-order valence-electron chi connectivity index (χ1n) is 6.80. The van der Waals surface area contributed by atoms with E-state index >= 15 is 0 Å². The number of carbonyl (C=O) groups excluding carboxylic acids is 1. The Labute approximate surface area is 133 Å². The van der Waals surface area contributed by atoms with E-state index in [-0.39, 0.29) is 24.0 Å². The molecule has 4 N–H and O–H groups in total. The van der Waals surface area contributed by atoms with Gasteiger partial charge in [-0.2, -0.15) is 5.10 Å². The molecule has 0 unspecified atom stereocenters. The minimum absolute atomic E-state index is 0.0469. The Morgan fingerprint density at radius 1 is 1.22 bits per heavy atom. The molecule has 0 bridgehead atoms. The minimum atomic E-state index is -0.338. The Balaban J connectivity index is 1.81. The first-order valence-corrected chi connectivity index (χ1v) is 6.80. The lowest BCUT2D eigenvalue weighted by atomic mass is 10.2. The zero-order chi connectivity index (χ0) is 16.7. The molecule has 0 aliphatic carbocycles. The van der Waals surface area contributed by atoms with E-state index in [0.717, 1.165) is 11.4 Å². The number of carbonyl (C=O) groups is 1. The molecule has 7 nitrogen and oxygen atoms in total. The second kappa shape index (κ2) is 7.69. The summed E-state index contributed by atoms with van der Waals surface area (Å²) in [6.45, 7) is 0.0469. The van der Waals surface area contributed by atoms with Gasteiger partial charge in [0.25, 0.3) is 5.91 Å². The summed E-state index contributed by atoms with van der Waals surface area (Å²) in [5.74, 6) is 0.223. The van der Waals surface area contributed by atoms with Crippen molar-refractivity contribution < 1.29 is 19.7 Å². The summed E-state index contributed by atoms with van der Waals surface area (Å²) in [7, 11) is 1.58. The summed E-state index contributed by atoms with van der Waals surface area (Å²) in [4.78, 5) is 11.7. The number of hydrogen-bond donors (Lipinski definition) is 4. The Bertz CT molecular complexity index is 699. The van der Waals surface area contributed by atoms with Crippen LogP contribution >= 0.6 is 0 Å². The maximum absolute atomic E-state index is 11.7. The number of amides is 1. The van der Waals surface area contributed by atoms with Crippen LogP contribution in [0.5, 0.6) is 17.2 Å². The van der Waals surface area contributed by atoms with Gasteiger partial charge in [-0.1, -0.05) is 0 Å². The van der Waals surface area contributed by atoms with Gasteiger partial charge in [-0.15, -0.1) is 0 Å². The lowest BCUT2D eigenvalue weighted by molar-refractivity contribution is -0.119. The highest BCUT2D eigenvalue weighted by molar-refractivity contribution is 5.86. The maximum Gasteiger partial charge on any atom is 0.259 e.